The predicted octanol–water partition coefficient (Wildman–Crippen LogP) is 1.05. The molecular weight excluding hydrogens is 206 g/mol. The van der Waals surface area contributed by atoms with Gasteiger partial charge in [-0.1, -0.05) is 13.8 Å². The lowest BCUT2D eigenvalue weighted by atomic mass is 10.1. The molecule has 1 saturated carbocycles. The number of ether oxygens (including phenoxy) is 3. The second-order valence-corrected chi connectivity index (χ2v) is 5.93. The summed E-state index contributed by atoms with van der Waals surface area (Å²) in [6.07, 6.45) is 1.51. The fourth-order valence-electron chi connectivity index (χ4n) is 2.93. The molecule has 92 valence electrons. The van der Waals surface area contributed by atoms with Crippen molar-refractivity contribution in [3.05, 3.63) is 0 Å². The van der Waals surface area contributed by atoms with E-state index in [1.165, 1.54) is 0 Å². The zero-order valence-electron chi connectivity index (χ0n) is 10.4. The molecule has 16 heavy (non-hydrogen) atoms. The fraction of sp³-hybridized carbons (Fsp3) is 1.00. The van der Waals surface area contributed by atoms with Crippen LogP contribution in [0.4, 0.5) is 0 Å². The smallest absolute Gasteiger partial charge is 0.164 e. The van der Waals surface area contributed by atoms with Crippen molar-refractivity contribution in [2.45, 2.75) is 69.9 Å². The molecule has 4 nitrogen and oxygen atoms in total. The van der Waals surface area contributed by atoms with E-state index in [4.69, 9.17) is 14.2 Å². The molecule has 1 unspecified atom stereocenters. The van der Waals surface area contributed by atoms with Gasteiger partial charge in [-0.25, -0.2) is 0 Å². The molecule has 0 bridgehead atoms. The summed E-state index contributed by atoms with van der Waals surface area (Å²) in [5, 5.41) is 3.40. The van der Waals surface area contributed by atoms with Crippen molar-refractivity contribution in [1.29, 1.82) is 0 Å². The van der Waals surface area contributed by atoms with Gasteiger partial charge in [0.15, 0.2) is 5.79 Å². The van der Waals surface area contributed by atoms with E-state index in [-0.39, 0.29) is 23.9 Å². The molecule has 3 rings (SSSR count). The molecule has 4 heteroatoms. The van der Waals surface area contributed by atoms with Crippen LogP contribution in [0.1, 0.15) is 34.1 Å². The maximum atomic E-state index is 6.00. The normalized spacial score (nSPS) is 48.2. The Balaban J connectivity index is 1.68. The maximum Gasteiger partial charge on any atom is 0.164 e. The second-order valence-electron chi connectivity index (χ2n) is 5.93. The molecule has 1 aliphatic carbocycles. The Kier molecular flexibility index (Phi) is 2.19. The number of nitrogens with one attached hydrogen (secondary N) is 1. The third-order valence-electron chi connectivity index (χ3n) is 3.62. The Morgan fingerprint density at radius 1 is 1.38 bits per heavy atom. The third-order valence-corrected chi connectivity index (χ3v) is 3.62. The van der Waals surface area contributed by atoms with Crippen molar-refractivity contribution in [3.8, 4) is 0 Å². The summed E-state index contributed by atoms with van der Waals surface area (Å²) >= 11 is 0. The summed E-state index contributed by atoms with van der Waals surface area (Å²) in [5.74, 6) is -0.445. The third kappa shape index (κ3) is 1.51. The monoisotopic (exact) mass is 227 g/mol. The van der Waals surface area contributed by atoms with Crippen LogP contribution in [-0.4, -0.2) is 42.3 Å². The van der Waals surface area contributed by atoms with Crippen molar-refractivity contribution in [2.24, 2.45) is 0 Å². The first-order valence-corrected chi connectivity index (χ1v) is 6.20. The zero-order chi connectivity index (χ0) is 11.6. The molecule has 0 radical (unpaired) electrons. The van der Waals surface area contributed by atoms with Gasteiger partial charge >= 0.3 is 0 Å². The molecule has 0 aromatic carbocycles. The minimum atomic E-state index is -0.445. The van der Waals surface area contributed by atoms with Gasteiger partial charge in [-0.3, -0.25) is 0 Å². The molecule has 0 aromatic heterocycles. The van der Waals surface area contributed by atoms with E-state index >= 15 is 0 Å². The molecule has 3 aliphatic rings. The van der Waals surface area contributed by atoms with E-state index in [0.29, 0.717) is 6.04 Å². The SMILES string of the molecule is CC(C)NCC1O[C@H]2C[C@@]23OC(C)(C)O[C@H]13. The van der Waals surface area contributed by atoms with Crippen molar-refractivity contribution in [2.75, 3.05) is 6.54 Å². The highest BCUT2D eigenvalue weighted by atomic mass is 16.8. The first kappa shape index (κ1) is 11.0. The average molecular weight is 227 g/mol. The Labute approximate surface area is 96.6 Å². The molecule has 1 spiro atoms. The number of rotatable bonds is 3. The lowest BCUT2D eigenvalue weighted by molar-refractivity contribution is -0.175. The van der Waals surface area contributed by atoms with Gasteiger partial charge < -0.3 is 19.5 Å². The topological polar surface area (TPSA) is 39.7 Å². The molecular formula is C12H21NO3. The highest BCUT2D eigenvalue weighted by molar-refractivity contribution is 5.22. The maximum absolute atomic E-state index is 6.00. The molecule has 2 heterocycles. The van der Waals surface area contributed by atoms with E-state index < -0.39 is 5.79 Å². The zero-order valence-corrected chi connectivity index (χ0v) is 10.4. The van der Waals surface area contributed by atoms with Gasteiger partial charge in [0.05, 0.1) is 12.2 Å². The molecule has 0 amide bonds. The quantitative estimate of drug-likeness (QED) is 0.782. The van der Waals surface area contributed by atoms with Gasteiger partial charge in [0.25, 0.3) is 0 Å². The van der Waals surface area contributed by atoms with E-state index in [9.17, 15) is 0 Å². The van der Waals surface area contributed by atoms with Crippen LogP contribution in [0, 0.1) is 0 Å². The summed E-state index contributed by atoms with van der Waals surface area (Å²) < 4.78 is 17.9. The van der Waals surface area contributed by atoms with Gasteiger partial charge in [-0.05, 0) is 13.8 Å². The van der Waals surface area contributed by atoms with Gasteiger partial charge in [0, 0.05) is 19.0 Å². The molecule has 1 N–H and O–H groups in total. The van der Waals surface area contributed by atoms with Crippen LogP contribution in [0.25, 0.3) is 0 Å². The Morgan fingerprint density at radius 2 is 2.12 bits per heavy atom. The summed E-state index contributed by atoms with van der Waals surface area (Å²) in [5.41, 5.74) is -0.118. The minimum Gasteiger partial charge on any atom is -0.368 e. The van der Waals surface area contributed by atoms with Gasteiger partial charge in [0.2, 0.25) is 0 Å². The molecule has 0 aromatic rings. The largest absolute Gasteiger partial charge is 0.368 e. The first-order valence-electron chi connectivity index (χ1n) is 6.20. The molecule has 3 fully saturated rings. The number of hydrogen-bond donors (Lipinski definition) is 1. The van der Waals surface area contributed by atoms with Crippen molar-refractivity contribution in [3.63, 3.8) is 0 Å². The molecule has 2 aliphatic heterocycles. The lowest BCUT2D eigenvalue weighted by Crippen LogP contribution is -2.42. The van der Waals surface area contributed by atoms with Gasteiger partial charge in [-0.15, -0.1) is 0 Å². The Morgan fingerprint density at radius 3 is 2.81 bits per heavy atom. The van der Waals surface area contributed by atoms with E-state index in [1.807, 2.05) is 13.8 Å². The second kappa shape index (κ2) is 3.19. The summed E-state index contributed by atoms with van der Waals surface area (Å²) in [4.78, 5) is 0. The van der Waals surface area contributed by atoms with Crippen molar-refractivity contribution >= 4 is 0 Å². The van der Waals surface area contributed by atoms with Crippen molar-refractivity contribution < 1.29 is 14.2 Å². The Bertz CT molecular complexity index is 305. The predicted molar refractivity (Wildman–Crippen MR) is 59.2 cm³/mol. The van der Waals surface area contributed by atoms with Crippen LogP contribution in [0.15, 0.2) is 0 Å². The van der Waals surface area contributed by atoms with Crippen LogP contribution in [0.2, 0.25) is 0 Å². The van der Waals surface area contributed by atoms with Crippen LogP contribution in [0.5, 0.6) is 0 Å². The summed E-state index contributed by atoms with van der Waals surface area (Å²) in [6.45, 7) is 9.10. The van der Waals surface area contributed by atoms with Crippen LogP contribution < -0.4 is 5.32 Å². The number of hydrogen-bond acceptors (Lipinski definition) is 4. The van der Waals surface area contributed by atoms with Crippen LogP contribution in [-0.2, 0) is 14.2 Å². The fourth-order valence-corrected chi connectivity index (χ4v) is 2.93. The van der Waals surface area contributed by atoms with Crippen LogP contribution in [0.3, 0.4) is 0 Å². The highest BCUT2D eigenvalue weighted by Gasteiger charge is 2.75. The van der Waals surface area contributed by atoms with Gasteiger partial charge in [-0.2, -0.15) is 0 Å². The van der Waals surface area contributed by atoms with E-state index in [1.54, 1.807) is 0 Å². The van der Waals surface area contributed by atoms with E-state index in [0.717, 1.165) is 13.0 Å². The summed E-state index contributed by atoms with van der Waals surface area (Å²) in [6, 6.07) is 0.479. The molecule has 2 saturated heterocycles. The Hall–Kier alpha value is -0.160. The lowest BCUT2D eigenvalue weighted by Gasteiger charge is -2.23. The van der Waals surface area contributed by atoms with Crippen LogP contribution >= 0.6 is 0 Å². The summed E-state index contributed by atoms with van der Waals surface area (Å²) in [7, 11) is 0. The highest BCUT2D eigenvalue weighted by Crippen LogP contribution is 2.60. The standard InChI is InChI=1S/C12H21NO3/c1-7(2)13-6-8-10-12(5-9(12)14-8)16-11(3,4)15-10/h7-10,13H,5-6H2,1-4H3/t8?,9-,10+,12+/m0/s1. The average Bonchev–Trinajstić information content (AvgIpc) is 2.62. The first-order chi connectivity index (χ1) is 7.43. The van der Waals surface area contributed by atoms with Gasteiger partial charge in [0.1, 0.15) is 11.7 Å². The molecule has 4 atom stereocenters. The van der Waals surface area contributed by atoms with E-state index in [2.05, 4.69) is 19.2 Å². The minimum absolute atomic E-state index is 0.110. The van der Waals surface area contributed by atoms with Crippen molar-refractivity contribution in [1.82, 2.24) is 5.32 Å².